The van der Waals surface area contributed by atoms with Crippen LogP contribution in [0.5, 0.6) is 0 Å². The van der Waals surface area contributed by atoms with Crippen LogP contribution in [0.4, 0.5) is 21.5 Å². The molecule has 1 aliphatic rings. The summed E-state index contributed by atoms with van der Waals surface area (Å²) in [4.78, 5) is 19.7. The molecule has 0 saturated carbocycles. The molecule has 1 saturated heterocycles. The van der Waals surface area contributed by atoms with Gasteiger partial charge in [-0.2, -0.15) is 5.10 Å². The first-order chi connectivity index (χ1) is 17.4. The van der Waals surface area contributed by atoms with Gasteiger partial charge in [-0.3, -0.25) is 9.48 Å². The first kappa shape index (κ1) is 22.1. The van der Waals surface area contributed by atoms with Crippen LogP contribution >= 0.6 is 0 Å². The second kappa shape index (κ2) is 8.67. The number of fused-ring (bicyclic) bond motifs is 2. The molecule has 0 radical (unpaired) electrons. The zero-order valence-electron chi connectivity index (χ0n) is 20.1. The molecule has 182 valence electrons. The van der Waals surface area contributed by atoms with Crippen LogP contribution in [0.3, 0.4) is 0 Å². The van der Waals surface area contributed by atoms with Crippen LogP contribution in [0.25, 0.3) is 16.6 Å². The van der Waals surface area contributed by atoms with Crippen LogP contribution in [0, 0.1) is 12.7 Å². The molecule has 5 aromatic rings. The molecule has 1 aliphatic heterocycles. The number of aromatic nitrogens is 4. The lowest BCUT2D eigenvalue weighted by Gasteiger charge is -2.21. The zero-order chi connectivity index (χ0) is 24.8. The summed E-state index contributed by atoms with van der Waals surface area (Å²) in [6.07, 6.45) is 6.33. The molecule has 2 N–H and O–H groups in total. The molecular weight excluding hydrogens is 457 g/mol. The third kappa shape index (κ3) is 4.02. The highest BCUT2D eigenvalue weighted by molar-refractivity contribution is 6.13. The number of benzene rings is 2. The van der Waals surface area contributed by atoms with E-state index < -0.39 is 5.82 Å². The Morgan fingerprint density at radius 3 is 2.75 bits per heavy atom. The van der Waals surface area contributed by atoms with Gasteiger partial charge in [-0.1, -0.05) is 18.2 Å². The number of hydrogen-bond donors (Lipinski definition) is 2. The lowest BCUT2D eigenvalue weighted by atomic mass is 10.1. The number of nitrogens with zero attached hydrogens (tertiary/aromatic N) is 5. The zero-order valence-corrected chi connectivity index (χ0v) is 20.1. The summed E-state index contributed by atoms with van der Waals surface area (Å²) in [7, 11) is 1.85. The fraction of sp³-hybridized carbons (Fsp3) is 0.222. The molecule has 1 atom stereocenters. The van der Waals surface area contributed by atoms with Crippen LogP contribution in [0.1, 0.15) is 22.5 Å². The Bertz CT molecular complexity index is 1590. The number of aryl methyl sites for hydroxylation is 2. The number of pyridine rings is 1. The van der Waals surface area contributed by atoms with E-state index in [-0.39, 0.29) is 11.6 Å². The molecule has 8 nitrogen and oxygen atoms in total. The highest BCUT2D eigenvalue weighted by Gasteiger charge is 2.26. The number of carbonyl (C=O) groups excluding carboxylic acids is 1. The van der Waals surface area contributed by atoms with Crippen molar-refractivity contribution in [3.63, 3.8) is 0 Å². The number of rotatable bonds is 5. The minimum absolute atomic E-state index is 0.229. The molecule has 0 spiro atoms. The van der Waals surface area contributed by atoms with Crippen molar-refractivity contribution in [2.45, 2.75) is 19.4 Å². The van der Waals surface area contributed by atoms with E-state index in [4.69, 9.17) is 0 Å². The van der Waals surface area contributed by atoms with Crippen LogP contribution in [0.15, 0.2) is 67.1 Å². The normalized spacial score (nSPS) is 15.6. The average Bonchev–Trinajstić information content (AvgIpc) is 3.56. The van der Waals surface area contributed by atoms with Gasteiger partial charge in [-0.05, 0) is 37.6 Å². The van der Waals surface area contributed by atoms with Crippen molar-refractivity contribution in [2.24, 2.45) is 7.05 Å². The van der Waals surface area contributed by atoms with E-state index in [0.717, 1.165) is 36.3 Å². The summed E-state index contributed by atoms with van der Waals surface area (Å²) in [6, 6.07) is 15.6. The van der Waals surface area contributed by atoms with Gasteiger partial charge in [0.25, 0.3) is 5.91 Å². The van der Waals surface area contributed by atoms with Crippen molar-refractivity contribution in [2.75, 3.05) is 28.6 Å². The van der Waals surface area contributed by atoms with Gasteiger partial charge in [0.2, 0.25) is 0 Å². The van der Waals surface area contributed by atoms with Gasteiger partial charge in [0.05, 0.1) is 16.9 Å². The van der Waals surface area contributed by atoms with E-state index in [2.05, 4.69) is 37.7 Å². The summed E-state index contributed by atoms with van der Waals surface area (Å²) in [6.45, 7) is 3.56. The molecule has 0 aliphatic carbocycles. The molecule has 36 heavy (non-hydrogen) atoms. The van der Waals surface area contributed by atoms with E-state index in [1.807, 2.05) is 37.5 Å². The monoisotopic (exact) mass is 483 g/mol. The van der Waals surface area contributed by atoms with E-state index in [9.17, 15) is 9.18 Å². The molecule has 0 bridgehead atoms. The van der Waals surface area contributed by atoms with Crippen LogP contribution in [-0.4, -0.2) is 44.2 Å². The topological polar surface area (TPSA) is 79.5 Å². The Morgan fingerprint density at radius 1 is 1.08 bits per heavy atom. The lowest BCUT2D eigenvalue weighted by molar-refractivity contribution is 0.102. The highest BCUT2D eigenvalue weighted by Crippen LogP contribution is 2.32. The minimum atomic E-state index is -0.494. The Kier molecular flexibility index (Phi) is 5.32. The van der Waals surface area contributed by atoms with E-state index in [1.165, 1.54) is 6.07 Å². The van der Waals surface area contributed by atoms with E-state index >= 15 is 0 Å². The molecule has 3 aromatic heterocycles. The molecule has 0 unspecified atom stereocenters. The van der Waals surface area contributed by atoms with Gasteiger partial charge >= 0.3 is 0 Å². The fourth-order valence-corrected chi connectivity index (χ4v) is 4.98. The van der Waals surface area contributed by atoms with Crippen LogP contribution in [0.2, 0.25) is 0 Å². The smallest absolute Gasteiger partial charge is 0.257 e. The molecular formula is C27H26FN7O. The fourth-order valence-electron chi connectivity index (χ4n) is 4.98. The second-order valence-electron chi connectivity index (χ2n) is 9.28. The standard InChI is InChI=1S/C27H26FN7O/c1-17-13-35-15-20(12-23(28)26(35)29-17)31-27(36)21-8-9-24(22-16-33(2)32-25(21)22)34-11-10-19(14-34)30-18-6-4-3-5-7-18/h3-9,12-13,15-16,19,30H,10-11,14H2,1-2H3,(H,31,36)/t19-/m1/s1. The predicted octanol–water partition coefficient (Wildman–Crippen LogP) is 4.61. The Morgan fingerprint density at radius 2 is 1.92 bits per heavy atom. The van der Waals surface area contributed by atoms with E-state index in [1.54, 1.807) is 34.5 Å². The van der Waals surface area contributed by atoms with Crippen LogP contribution < -0.4 is 15.5 Å². The van der Waals surface area contributed by atoms with Crippen molar-refractivity contribution >= 4 is 39.5 Å². The lowest BCUT2D eigenvalue weighted by Crippen LogP contribution is -2.26. The molecule has 9 heteroatoms. The maximum Gasteiger partial charge on any atom is 0.257 e. The first-order valence-corrected chi connectivity index (χ1v) is 11.9. The van der Waals surface area contributed by atoms with Gasteiger partial charge in [0.1, 0.15) is 5.52 Å². The van der Waals surface area contributed by atoms with Crippen molar-refractivity contribution in [3.8, 4) is 0 Å². The Balaban J connectivity index is 1.26. The largest absolute Gasteiger partial charge is 0.380 e. The number of nitrogens with one attached hydrogen (secondary N) is 2. The summed E-state index contributed by atoms with van der Waals surface area (Å²) in [5.41, 5.74) is 4.50. The summed E-state index contributed by atoms with van der Waals surface area (Å²) in [5, 5.41) is 11.9. The highest BCUT2D eigenvalue weighted by atomic mass is 19.1. The van der Waals surface area contributed by atoms with Gasteiger partial charge in [-0.25, -0.2) is 9.37 Å². The molecule has 2 aromatic carbocycles. The van der Waals surface area contributed by atoms with Crippen molar-refractivity contribution < 1.29 is 9.18 Å². The third-order valence-corrected chi connectivity index (χ3v) is 6.57. The Hall–Kier alpha value is -4.40. The van der Waals surface area contributed by atoms with Gasteiger partial charge in [0.15, 0.2) is 11.5 Å². The maximum absolute atomic E-state index is 14.5. The number of halogens is 1. The molecule has 4 heterocycles. The maximum atomic E-state index is 14.5. The number of imidazole rings is 1. The van der Waals surface area contributed by atoms with Gasteiger partial charge in [-0.15, -0.1) is 0 Å². The van der Waals surface area contributed by atoms with Crippen LogP contribution in [-0.2, 0) is 7.05 Å². The quantitative estimate of drug-likeness (QED) is 0.382. The predicted molar refractivity (Wildman–Crippen MR) is 139 cm³/mol. The van der Waals surface area contributed by atoms with Crippen molar-refractivity contribution in [1.82, 2.24) is 19.2 Å². The number of amides is 1. The Labute approximate surface area is 207 Å². The SMILES string of the molecule is Cc1cn2cc(NC(=O)c3ccc(N4CC[C@@H](Nc5ccccc5)C4)c4cn(C)nc34)cc(F)c2n1. The number of para-hydroxylation sites is 1. The van der Waals surface area contributed by atoms with E-state index in [0.29, 0.717) is 28.5 Å². The van der Waals surface area contributed by atoms with Crippen molar-refractivity contribution in [3.05, 3.63) is 84.2 Å². The molecule has 1 amide bonds. The van der Waals surface area contributed by atoms with Gasteiger partial charge in [0, 0.05) is 67.6 Å². The number of carbonyl (C=O) groups is 1. The van der Waals surface area contributed by atoms with Crippen molar-refractivity contribution in [1.29, 1.82) is 0 Å². The minimum Gasteiger partial charge on any atom is -0.380 e. The third-order valence-electron chi connectivity index (χ3n) is 6.57. The average molecular weight is 484 g/mol. The molecule has 1 fully saturated rings. The molecule has 6 rings (SSSR count). The number of hydrogen-bond acceptors (Lipinski definition) is 5. The number of anilines is 3. The first-order valence-electron chi connectivity index (χ1n) is 11.9. The summed E-state index contributed by atoms with van der Waals surface area (Å²) >= 11 is 0. The second-order valence-corrected chi connectivity index (χ2v) is 9.28. The van der Waals surface area contributed by atoms with Gasteiger partial charge < -0.3 is 19.9 Å². The summed E-state index contributed by atoms with van der Waals surface area (Å²) in [5.74, 6) is -0.835. The summed E-state index contributed by atoms with van der Waals surface area (Å²) < 4.78 is 17.8.